The van der Waals surface area contributed by atoms with Crippen LogP contribution in [0.2, 0.25) is 0 Å². The molecule has 1 aromatic carbocycles. The van der Waals surface area contributed by atoms with Crippen LogP contribution in [0.25, 0.3) is 0 Å². The zero-order valence-corrected chi connectivity index (χ0v) is 11.2. The van der Waals surface area contributed by atoms with E-state index in [9.17, 15) is 14.7 Å². The van der Waals surface area contributed by atoms with Crippen LogP contribution in [-0.2, 0) is 29.1 Å². The van der Waals surface area contributed by atoms with Crippen molar-refractivity contribution < 1.29 is 14.7 Å². The van der Waals surface area contributed by atoms with E-state index in [1.54, 1.807) is 0 Å². The van der Waals surface area contributed by atoms with Gasteiger partial charge in [-0.2, -0.15) is 5.10 Å². The first-order valence-corrected chi connectivity index (χ1v) is 6.56. The maximum atomic E-state index is 12.4. The number of carbonyl (C=O) groups is 2. The molecule has 1 aromatic heterocycles. The maximum Gasteiger partial charge on any atom is 0.326 e. The molecule has 3 rings (SSSR count). The molecule has 0 spiro atoms. The number of rotatable bonds is 3. The smallest absolute Gasteiger partial charge is 0.326 e. The normalized spacial score (nSPS) is 17.3. The summed E-state index contributed by atoms with van der Waals surface area (Å²) in [6, 6.07) is 6.76. The van der Waals surface area contributed by atoms with Crippen molar-refractivity contribution in [2.45, 2.75) is 25.6 Å². The molecule has 1 N–H and O–H groups in total. The molecule has 0 radical (unpaired) electrons. The van der Waals surface area contributed by atoms with Crippen LogP contribution >= 0.6 is 0 Å². The molecule has 0 saturated carbocycles. The van der Waals surface area contributed by atoms with Gasteiger partial charge in [0.1, 0.15) is 25.2 Å². The van der Waals surface area contributed by atoms with Gasteiger partial charge in [-0.25, -0.2) is 14.5 Å². The van der Waals surface area contributed by atoms with Gasteiger partial charge in [0.25, 0.3) is 0 Å². The highest BCUT2D eigenvalue weighted by Crippen LogP contribution is 2.23. The summed E-state index contributed by atoms with van der Waals surface area (Å²) >= 11 is 0. The molecule has 7 nitrogen and oxygen atoms in total. The molecule has 0 fully saturated rings. The van der Waals surface area contributed by atoms with E-state index in [0.717, 1.165) is 11.1 Å². The number of nitrogens with zero attached hydrogens (tertiary/aromatic N) is 4. The summed E-state index contributed by atoms with van der Waals surface area (Å²) in [6.07, 6.45) is 3.10. The molecule has 108 valence electrons. The molecule has 2 aromatic rings. The Morgan fingerprint density at radius 3 is 2.71 bits per heavy atom. The molecule has 21 heavy (non-hydrogen) atoms. The second-order valence-corrected chi connectivity index (χ2v) is 4.94. The van der Waals surface area contributed by atoms with Crippen molar-refractivity contribution >= 4 is 11.9 Å². The Hall–Kier alpha value is -2.70. The topological polar surface area (TPSA) is 88.3 Å². The molecule has 1 aliphatic rings. The molecule has 2 heterocycles. The first-order chi connectivity index (χ1) is 10.1. The van der Waals surface area contributed by atoms with Crippen LogP contribution in [0.3, 0.4) is 0 Å². The third-order valence-electron chi connectivity index (χ3n) is 3.62. The molecule has 1 atom stereocenters. The fourth-order valence-electron chi connectivity index (χ4n) is 2.55. The summed E-state index contributed by atoms with van der Waals surface area (Å²) in [4.78, 5) is 29.0. The SMILES string of the molecule is O=C(O)C1Cc2ccccc2CN1C(=O)Cn1cncn1. The number of carboxylic acid groups (broad SMARTS) is 1. The minimum Gasteiger partial charge on any atom is -0.480 e. The van der Waals surface area contributed by atoms with E-state index in [4.69, 9.17) is 0 Å². The predicted molar refractivity (Wildman–Crippen MR) is 72.1 cm³/mol. The fourth-order valence-corrected chi connectivity index (χ4v) is 2.55. The molecule has 1 aliphatic heterocycles. The van der Waals surface area contributed by atoms with E-state index in [2.05, 4.69) is 10.1 Å². The lowest BCUT2D eigenvalue weighted by Gasteiger charge is -2.34. The Morgan fingerprint density at radius 2 is 2.05 bits per heavy atom. The Bertz CT molecular complexity index is 669. The minimum atomic E-state index is -0.989. The number of hydrogen-bond donors (Lipinski definition) is 1. The van der Waals surface area contributed by atoms with Crippen LogP contribution in [0.15, 0.2) is 36.9 Å². The quantitative estimate of drug-likeness (QED) is 0.877. The number of hydrogen-bond acceptors (Lipinski definition) is 4. The van der Waals surface area contributed by atoms with E-state index in [-0.39, 0.29) is 12.5 Å². The first kappa shape index (κ1) is 13.3. The molecule has 1 amide bonds. The number of aliphatic carboxylic acids is 1. The third kappa shape index (κ3) is 2.62. The second-order valence-electron chi connectivity index (χ2n) is 4.94. The summed E-state index contributed by atoms with van der Waals surface area (Å²) < 4.78 is 1.39. The number of fused-ring (bicyclic) bond motifs is 1. The van der Waals surface area contributed by atoms with E-state index in [1.807, 2.05) is 24.3 Å². The maximum absolute atomic E-state index is 12.4. The number of carbonyl (C=O) groups excluding carboxylic acids is 1. The van der Waals surface area contributed by atoms with Crippen molar-refractivity contribution in [3.05, 3.63) is 48.0 Å². The summed E-state index contributed by atoms with van der Waals surface area (Å²) in [5.74, 6) is -1.26. The summed E-state index contributed by atoms with van der Waals surface area (Å²) in [6.45, 7) is 0.298. The summed E-state index contributed by atoms with van der Waals surface area (Å²) in [5.41, 5.74) is 1.97. The van der Waals surface area contributed by atoms with Crippen molar-refractivity contribution in [2.75, 3.05) is 0 Å². The van der Waals surface area contributed by atoms with Gasteiger partial charge in [-0.3, -0.25) is 4.79 Å². The number of carboxylic acids is 1. The van der Waals surface area contributed by atoms with Gasteiger partial charge >= 0.3 is 5.97 Å². The highest BCUT2D eigenvalue weighted by Gasteiger charge is 2.34. The molecule has 0 bridgehead atoms. The molecule has 0 saturated heterocycles. The van der Waals surface area contributed by atoms with Gasteiger partial charge in [0.2, 0.25) is 5.91 Å². The average Bonchev–Trinajstić information content (AvgIpc) is 2.98. The zero-order chi connectivity index (χ0) is 14.8. The monoisotopic (exact) mass is 286 g/mol. The minimum absolute atomic E-state index is 0.00799. The average molecular weight is 286 g/mol. The summed E-state index contributed by atoms with van der Waals surface area (Å²) in [5, 5.41) is 13.3. The van der Waals surface area contributed by atoms with E-state index < -0.39 is 12.0 Å². The molecule has 7 heteroatoms. The predicted octanol–water partition coefficient (Wildman–Crippen LogP) is 0.316. The lowest BCUT2D eigenvalue weighted by molar-refractivity contribution is -0.151. The summed E-state index contributed by atoms with van der Waals surface area (Å²) in [7, 11) is 0. The van der Waals surface area contributed by atoms with Crippen molar-refractivity contribution in [1.82, 2.24) is 19.7 Å². The van der Waals surface area contributed by atoms with Gasteiger partial charge in [-0.05, 0) is 11.1 Å². The molecule has 1 unspecified atom stereocenters. The number of amides is 1. The highest BCUT2D eigenvalue weighted by atomic mass is 16.4. The zero-order valence-electron chi connectivity index (χ0n) is 11.2. The van der Waals surface area contributed by atoms with Gasteiger partial charge in [0, 0.05) is 13.0 Å². The van der Waals surface area contributed by atoms with Crippen molar-refractivity contribution in [3.63, 3.8) is 0 Å². The lowest BCUT2D eigenvalue weighted by atomic mass is 9.94. The van der Waals surface area contributed by atoms with Gasteiger partial charge in [0.05, 0.1) is 0 Å². The second kappa shape index (κ2) is 5.35. The molecular weight excluding hydrogens is 272 g/mol. The number of aromatic nitrogens is 3. The molecule has 0 aliphatic carbocycles. The molecular formula is C14H14N4O3. The highest BCUT2D eigenvalue weighted by molar-refractivity contribution is 5.84. The van der Waals surface area contributed by atoms with E-state index in [0.29, 0.717) is 13.0 Å². The Balaban J connectivity index is 1.85. The Morgan fingerprint density at radius 1 is 1.29 bits per heavy atom. The van der Waals surface area contributed by atoms with Gasteiger partial charge in [-0.1, -0.05) is 24.3 Å². The van der Waals surface area contributed by atoms with Gasteiger partial charge in [0.15, 0.2) is 0 Å². The fraction of sp³-hybridized carbons (Fsp3) is 0.286. The van der Waals surface area contributed by atoms with Gasteiger partial charge < -0.3 is 10.0 Å². The van der Waals surface area contributed by atoms with Crippen LogP contribution < -0.4 is 0 Å². The van der Waals surface area contributed by atoms with Crippen molar-refractivity contribution in [2.24, 2.45) is 0 Å². The third-order valence-corrected chi connectivity index (χ3v) is 3.62. The van der Waals surface area contributed by atoms with Crippen LogP contribution in [0.5, 0.6) is 0 Å². The van der Waals surface area contributed by atoms with Crippen molar-refractivity contribution in [1.29, 1.82) is 0 Å². The Kier molecular flexibility index (Phi) is 3.39. The lowest BCUT2D eigenvalue weighted by Crippen LogP contribution is -2.49. The van der Waals surface area contributed by atoms with E-state index >= 15 is 0 Å². The van der Waals surface area contributed by atoms with Crippen LogP contribution in [0.1, 0.15) is 11.1 Å². The van der Waals surface area contributed by atoms with Crippen LogP contribution in [-0.4, -0.2) is 42.7 Å². The van der Waals surface area contributed by atoms with E-state index in [1.165, 1.54) is 22.2 Å². The van der Waals surface area contributed by atoms with Gasteiger partial charge in [-0.15, -0.1) is 0 Å². The number of benzene rings is 1. The Labute approximate surface area is 120 Å². The van der Waals surface area contributed by atoms with Crippen LogP contribution in [0.4, 0.5) is 0 Å². The van der Waals surface area contributed by atoms with Crippen molar-refractivity contribution in [3.8, 4) is 0 Å². The first-order valence-electron chi connectivity index (χ1n) is 6.56. The van der Waals surface area contributed by atoms with Crippen LogP contribution in [0, 0.1) is 0 Å². The largest absolute Gasteiger partial charge is 0.480 e. The standard InChI is InChI=1S/C14H14N4O3/c19-13(7-17-9-15-8-16-17)18-6-11-4-2-1-3-10(11)5-12(18)14(20)21/h1-4,8-9,12H,5-7H2,(H,20,21).